The van der Waals surface area contributed by atoms with Crippen molar-refractivity contribution in [2.75, 3.05) is 0 Å². The molecular formula is C23H32O4. The van der Waals surface area contributed by atoms with Crippen LogP contribution in [-0.2, 0) is 19.1 Å². The van der Waals surface area contributed by atoms with Crippen LogP contribution in [0.25, 0.3) is 0 Å². The van der Waals surface area contributed by atoms with Crippen LogP contribution in [0.15, 0.2) is 11.6 Å². The van der Waals surface area contributed by atoms with Crippen LogP contribution in [0.5, 0.6) is 0 Å². The lowest BCUT2D eigenvalue weighted by Crippen LogP contribution is -2.58. The fourth-order valence-electron chi connectivity index (χ4n) is 7.62. The van der Waals surface area contributed by atoms with Crippen LogP contribution in [0.2, 0.25) is 0 Å². The third-order valence-corrected chi connectivity index (χ3v) is 8.97. The van der Waals surface area contributed by atoms with Gasteiger partial charge in [0.2, 0.25) is 0 Å². The molecular weight excluding hydrogens is 340 g/mol. The highest BCUT2D eigenvalue weighted by Gasteiger charge is 2.67. The van der Waals surface area contributed by atoms with E-state index in [2.05, 4.69) is 13.8 Å². The highest BCUT2D eigenvalue weighted by Crippen LogP contribution is 2.68. The Morgan fingerprint density at radius 1 is 1.00 bits per heavy atom. The molecule has 0 amide bonds. The molecule has 4 aliphatic rings. The first kappa shape index (κ1) is 18.9. The zero-order chi connectivity index (χ0) is 19.6. The molecule has 27 heavy (non-hydrogen) atoms. The Labute approximate surface area is 162 Å². The summed E-state index contributed by atoms with van der Waals surface area (Å²) in [6.07, 6.45) is 9.23. The lowest BCUT2D eigenvalue weighted by Gasteiger charge is -2.59. The summed E-state index contributed by atoms with van der Waals surface area (Å²) in [5.74, 6) is 1.48. The fraction of sp³-hybridized carbons (Fsp3) is 0.783. The minimum absolute atomic E-state index is 0.00650. The molecule has 6 atom stereocenters. The predicted molar refractivity (Wildman–Crippen MR) is 102 cm³/mol. The molecule has 0 saturated heterocycles. The largest absolute Gasteiger partial charge is 0.451 e. The number of hydrogen-bond donors (Lipinski definition) is 0. The van der Waals surface area contributed by atoms with Crippen molar-refractivity contribution in [1.29, 1.82) is 0 Å². The molecule has 0 heterocycles. The highest BCUT2D eigenvalue weighted by molar-refractivity contribution is 5.91. The Hall–Kier alpha value is -1.45. The molecule has 2 unspecified atom stereocenters. The molecule has 0 bridgehead atoms. The highest BCUT2D eigenvalue weighted by atomic mass is 16.6. The zero-order valence-corrected chi connectivity index (χ0v) is 17.1. The van der Waals surface area contributed by atoms with Crippen LogP contribution >= 0.6 is 0 Å². The van der Waals surface area contributed by atoms with E-state index in [0.717, 1.165) is 38.5 Å². The van der Waals surface area contributed by atoms with Gasteiger partial charge in [-0.1, -0.05) is 19.4 Å². The van der Waals surface area contributed by atoms with Crippen LogP contribution in [0.4, 0.5) is 0 Å². The summed E-state index contributed by atoms with van der Waals surface area (Å²) in [6, 6.07) is 0. The van der Waals surface area contributed by atoms with Gasteiger partial charge in [0.15, 0.2) is 17.2 Å². The fourth-order valence-corrected chi connectivity index (χ4v) is 7.62. The minimum Gasteiger partial charge on any atom is -0.451 e. The molecule has 3 saturated carbocycles. The summed E-state index contributed by atoms with van der Waals surface area (Å²) < 4.78 is 5.81. The van der Waals surface area contributed by atoms with E-state index in [1.54, 1.807) is 6.92 Å². The van der Waals surface area contributed by atoms with Crippen molar-refractivity contribution in [3.63, 3.8) is 0 Å². The van der Waals surface area contributed by atoms with Crippen LogP contribution in [0, 0.1) is 28.6 Å². The summed E-state index contributed by atoms with van der Waals surface area (Å²) in [5, 5.41) is 0. The zero-order valence-electron chi connectivity index (χ0n) is 17.1. The van der Waals surface area contributed by atoms with Gasteiger partial charge in [-0.15, -0.1) is 0 Å². The minimum atomic E-state index is -0.950. The first-order chi connectivity index (χ1) is 12.6. The van der Waals surface area contributed by atoms with Crippen molar-refractivity contribution in [2.24, 2.45) is 28.6 Å². The molecule has 4 aliphatic carbocycles. The third-order valence-electron chi connectivity index (χ3n) is 8.97. The maximum atomic E-state index is 12.7. The Balaban J connectivity index is 1.70. The summed E-state index contributed by atoms with van der Waals surface area (Å²) in [7, 11) is 0. The van der Waals surface area contributed by atoms with E-state index in [1.165, 1.54) is 12.5 Å². The first-order valence-electron chi connectivity index (χ1n) is 10.6. The van der Waals surface area contributed by atoms with Gasteiger partial charge in [0.25, 0.3) is 0 Å². The topological polar surface area (TPSA) is 60.4 Å². The van der Waals surface area contributed by atoms with Crippen LogP contribution in [-0.4, -0.2) is 23.1 Å². The number of fused-ring (bicyclic) bond motifs is 5. The van der Waals surface area contributed by atoms with Gasteiger partial charge >= 0.3 is 5.97 Å². The normalized spacial score (nSPS) is 46.0. The van der Waals surface area contributed by atoms with Crippen molar-refractivity contribution in [2.45, 2.75) is 84.7 Å². The molecule has 4 nitrogen and oxygen atoms in total. The second-order valence-corrected chi connectivity index (χ2v) is 9.94. The molecule has 4 heteroatoms. The number of ketones is 2. The van der Waals surface area contributed by atoms with Gasteiger partial charge in [0.05, 0.1) is 0 Å². The van der Waals surface area contributed by atoms with Crippen molar-refractivity contribution < 1.29 is 19.1 Å². The number of carbonyl (C=O) groups excluding carboxylic acids is 3. The van der Waals surface area contributed by atoms with Crippen LogP contribution in [0.3, 0.4) is 0 Å². The second-order valence-electron chi connectivity index (χ2n) is 9.94. The number of rotatable bonds is 2. The molecule has 0 N–H and O–H groups in total. The van der Waals surface area contributed by atoms with Gasteiger partial charge in [0.1, 0.15) is 0 Å². The Kier molecular flexibility index (Phi) is 4.21. The summed E-state index contributed by atoms with van der Waals surface area (Å²) in [4.78, 5) is 36.5. The molecule has 0 radical (unpaired) electrons. The van der Waals surface area contributed by atoms with E-state index in [-0.39, 0.29) is 28.4 Å². The molecule has 0 spiro atoms. The molecule has 0 aromatic heterocycles. The number of ether oxygens (including phenoxy) is 1. The average molecular weight is 373 g/mol. The van der Waals surface area contributed by atoms with Crippen LogP contribution < -0.4 is 0 Å². The van der Waals surface area contributed by atoms with E-state index in [9.17, 15) is 14.4 Å². The Bertz CT molecular complexity index is 737. The smallest absolute Gasteiger partial charge is 0.303 e. The van der Waals surface area contributed by atoms with Crippen molar-refractivity contribution >= 4 is 17.5 Å². The number of Topliss-reactive ketones (excluding diaryl/α,β-unsaturated/α-hetero) is 1. The third kappa shape index (κ3) is 2.44. The van der Waals surface area contributed by atoms with E-state index < -0.39 is 5.60 Å². The van der Waals surface area contributed by atoms with Crippen LogP contribution in [0.1, 0.15) is 79.1 Å². The molecule has 148 valence electrons. The monoisotopic (exact) mass is 372 g/mol. The van der Waals surface area contributed by atoms with Gasteiger partial charge in [-0.2, -0.15) is 0 Å². The van der Waals surface area contributed by atoms with E-state index in [0.29, 0.717) is 30.6 Å². The van der Waals surface area contributed by atoms with Gasteiger partial charge in [0, 0.05) is 18.8 Å². The summed E-state index contributed by atoms with van der Waals surface area (Å²) in [5.41, 5.74) is 0.266. The van der Waals surface area contributed by atoms with Crippen molar-refractivity contribution in [3.05, 3.63) is 11.6 Å². The van der Waals surface area contributed by atoms with Gasteiger partial charge in [-0.05, 0) is 81.1 Å². The van der Waals surface area contributed by atoms with E-state index >= 15 is 0 Å². The number of carbonyl (C=O) groups is 3. The Morgan fingerprint density at radius 2 is 1.70 bits per heavy atom. The summed E-state index contributed by atoms with van der Waals surface area (Å²) >= 11 is 0. The molecule has 3 fully saturated rings. The standard InChI is InChI=1S/C23H32O4/c1-14(24)23(27-15(2)25)12-9-20-18-6-5-16-13-17(26)7-10-21(16,3)19(18)8-11-22(20,23)4/h13,18-20H,5-12H2,1-4H3/t18-,19?,20?,21+,22+,23+/m1/s1. The van der Waals surface area contributed by atoms with Gasteiger partial charge < -0.3 is 4.74 Å². The maximum Gasteiger partial charge on any atom is 0.303 e. The van der Waals surface area contributed by atoms with E-state index in [4.69, 9.17) is 4.74 Å². The molecule has 0 aromatic rings. The van der Waals surface area contributed by atoms with Crippen molar-refractivity contribution in [1.82, 2.24) is 0 Å². The van der Waals surface area contributed by atoms with Crippen molar-refractivity contribution in [3.8, 4) is 0 Å². The van der Waals surface area contributed by atoms with Gasteiger partial charge in [-0.3, -0.25) is 14.4 Å². The SMILES string of the molecule is CC(=O)O[C@]1(C(C)=O)CCC2[C@@H]3CCC4=CC(=O)CC[C@]4(C)C3CC[C@@]21C. The maximum absolute atomic E-state index is 12.7. The first-order valence-corrected chi connectivity index (χ1v) is 10.6. The summed E-state index contributed by atoms with van der Waals surface area (Å²) in [6.45, 7) is 7.58. The lowest BCUT2D eigenvalue weighted by molar-refractivity contribution is -0.187. The average Bonchev–Trinajstić information content (AvgIpc) is 2.89. The van der Waals surface area contributed by atoms with Gasteiger partial charge in [-0.25, -0.2) is 0 Å². The predicted octanol–water partition coefficient (Wildman–Crippen LogP) is 4.41. The lowest BCUT2D eigenvalue weighted by atomic mass is 9.46. The molecule has 4 rings (SSSR count). The second kappa shape index (κ2) is 6.02. The molecule has 0 aliphatic heterocycles. The van der Waals surface area contributed by atoms with E-state index in [1.807, 2.05) is 6.08 Å². The quantitative estimate of drug-likeness (QED) is 0.674. The number of allylic oxidation sites excluding steroid dienone is 1. The Morgan fingerprint density at radius 3 is 2.37 bits per heavy atom. The number of hydrogen-bond acceptors (Lipinski definition) is 4. The molecule has 0 aromatic carbocycles. The number of esters is 1.